The molecule has 0 saturated heterocycles. The van der Waals surface area contributed by atoms with E-state index in [2.05, 4.69) is 65.6 Å². The highest BCUT2D eigenvalue weighted by Gasteiger charge is 2.50. The molecule has 0 saturated carbocycles. The fraction of sp³-hybridized carbons (Fsp3) is 0. The van der Waals surface area contributed by atoms with Crippen molar-refractivity contribution in [3.8, 4) is 0 Å². The van der Waals surface area contributed by atoms with Crippen LogP contribution in [-0.4, -0.2) is 16.5 Å². The van der Waals surface area contributed by atoms with E-state index in [1.54, 1.807) is 6.07 Å². The summed E-state index contributed by atoms with van der Waals surface area (Å²) in [5.74, 6) is 0. The van der Waals surface area contributed by atoms with E-state index < -0.39 is 17.9 Å². The van der Waals surface area contributed by atoms with E-state index in [1.807, 2.05) is 97.1 Å². The number of fused-ring (bicyclic) bond motifs is 2. The first-order chi connectivity index (χ1) is 20.1. The van der Waals surface area contributed by atoms with Crippen LogP contribution in [0.15, 0.2) is 174 Å². The van der Waals surface area contributed by atoms with Crippen molar-refractivity contribution in [1.29, 1.82) is 0 Å². The van der Waals surface area contributed by atoms with Crippen molar-refractivity contribution < 1.29 is 8.42 Å². The van der Waals surface area contributed by atoms with Crippen LogP contribution in [0.5, 0.6) is 0 Å². The lowest BCUT2D eigenvalue weighted by Crippen LogP contribution is -2.77. The number of nitrogens with zero attached hydrogens (tertiary/aromatic N) is 1. The Kier molecular flexibility index (Phi) is 6.19. The van der Waals surface area contributed by atoms with Gasteiger partial charge in [-0.3, -0.25) is 0 Å². The Hall–Kier alpha value is -4.71. The van der Waals surface area contributed by atoms with Crippen molar-refractivity contribution >= 4 is 55.7 Å². The summed E-state index contributed by atoms with van der Waals surface area (Å²) < 4.78 is 29.0. The predicted octanol–water partition coefficient (Wildman–Crippen LogP) is 5.68. The minimum absolute atomic E-state index is 0.380. The molecule has 41 heavy (non-hydrogen) atoms. The van der Waals surface area contributed by atoms with E-state index in [9.17, 15) is 8.42 Å². The highest BCUT2D eigenvalue weighted by atomic mass is 32.2. The molecule has 5 heteroatoms. The first-order valence-electron chi connectivity index (χ1n) is 13.6. The van der Waals surface area contributed by atoms with Crippen LogP contribution in [-0.2, 0) is 9.84 Å². The van der Waals surface area contributed by atoms with Gasteiger partial charge in [0.25, 0.3) is 0 Å². The van der Waals surface area contributed by atoms with Gasteiger partial charge in [-0.1, -0.05) is 121 Å². The zero-order valence-corrected chi connectivity index (χ0v) is 24.1. The number of anilines is 3. The highest BCUT2D eigenvalue weighted by molar-refractivity contribution is 7.92. The van der Waals surface area contributed by atoms with Crippen molar-refractivity contribution in [2.75, 3.05) is 4.90 Å². The Morgan fingerprint density at radius 3 is 1.39 bits per heavy atom. The van der Waals surface area contributed by atoms with Crippen LogP contribution in [0.4, 0.5) is 17.1 Å². The maximum absolute atomic E-state index is 14.5. The number of hydrogen-bond acceptors (Lipinski definition) is 3. The van der Waals surface area contributed by atoms with Crippen LogP contribution < -0.4 is 25.6 Å². The summed E-state index contributed by atoms with van der Waals surface area (Å²) in [7, 11) is -6.78. The van der Waals surface area contributed by atoms with Gasteiger partial charge in [-0.05, 0) is 63.2 Å². The second-order valence-electron chi connectivity index (χ2n) is 10.2. The summed E-state index contributed by atoms with van der Waals surface area (Å²) in [6.07, 6.45) is 0. The van der Waals surface area contributed by atoms with Gasteiger partial charge in [0.2, 0.25) is 9.84 Å². The molecular weight excluding hydrogens is 539 g/mol. The number of hydrogen-bond donors (Lipinski definition) is 0. The van der Waals surface area contributed by atoms with Crippen molar-refractivity contribution in [2.45, 2.75) is 9.79 Å². The Bertz CT molecular complexity index is 1870. The minimum Gasteiger partial charge on any atom is -0.310 e. The fourth-order valence-corrected chi connectivity index (χ4v) is 14.3. The molecule has 0 aliphatic carbocycles. The standard InChI is InChI=1S/C36H27NO2SSi/c38-40(39)33-23-13-14-24-35(33)41(31-19-9-3-10-20-31,32-21-11-4-12-22-32)36-26-25-30(27-34(36)40)37(28-15-5-1-6-16-28)29-17-7-2-8-18-29/h1-27H. The summed E-state index contributed by atoms with van der Waals surface area (Å²) in [5, 5.41) is 4.11. The quantitative estimate of drug-likeness (QED) is 0.252. The summed E-state index contributed by atoms with van der Waals surface area (Å²) in [6, 6.07) is 54.7. The van der Waals surface area contributed by atoms with Crippen LogP contribution in [0, 0.1) is 0 Å². The van der Waals surface area contributed by atoms with Gasteiger partial charge in [0.05, 0.1) is 9.79 Å². The van der Waals surface area contributed by atoms with Gasteiger partial charge < -0.3 is 4.90 Å². The second kappa shape index (κ2) is 10.0. The third-order valence-corrected chi connectivity index (χ3v) is 15.0. The van der Waals surface area contributed by atoms with Gasteiger partial charge in [-0.2, -0.15) is 0 Å². The molecule has 6 aromatic carbocycles. The molecule has 7 rings (SSSR count). The maximum Gasteiger partial charge on any atom is 0.206 e. The minimum atomic E-state index is -3.80. The second-order valence-corrected chi connectivity index (χ2v) is 15.8. The summed E-state index contributed by atoms with van der Waals surface area (Å²) in [4.78, 5) is 2.89. The molecule has 0 spiro atoms. The van der Waals surface area contributed by atoms with Gasteiger partial charge in [-0.25, -0.2) is 8.42 Å². The smallest absolute Gasteiger partial charge is 0.206 e. The van der Waals surface area contributed by atoms with Crippen LogP contribution in [0.1, 0.15) is 0 Å². The fourth-order valence-electron chi connectivity index (χ4n) is 6.22. The van der Waals surface area contributed by atoms with E-state index in [-0.39, 0.29) is 0 Å². The zero-order chi connectivity index (χ0) is 27.9. The molecule has 0 aromatic heterocycles. The molecule has 0 radical (unpaired) electrons. The Morgan fingerprint density at radius 2 is 0.854 bits per heavy atom. The molecule has 0 N–H and O–H groups in total. The van der Waals surface area contributed by atoms with Crippen molar-refractivity contribution in [3.63, 3.8) is 0 Å². The predicted molar refractivity (Wildman–Crippen MR) is 170 cm³/mol. The number of rotatable bonds is 5. The van der Waals surface area contributed by atoms with E-state index in [4.69, 9.17) is 0 Å². The molecule has 1 aliphatic rings. The highest BCUT2D eigenvalue weighted by Crippen LogP contribution is 2.37. The van der Waals surface area contributed by atoms with E-state index in [0.29, 0.717) is 9.79 Å². The van der Waals surface area contributed by atoms with Crippen molar-refractivity contribution in [3.05, 3.63) is 164 Å². The van der Waals surface area contributed by atoms with Crippen molar-refractivity contribution in [1.82, 2.24) is 0 Å². The third kappa shape index (κ3) is 3.97. The van der Waals surface area contributed by atoms with Crippen LogP contribution in [0.25, 0.3) is 0 Å². The first kappa shape index (κ1) is 25.3. The van der Waals surface area contributed by atoms with E-state index in [0.717, 1.165) is 37.8 Å². The lowest BCUT2D eigenvalue weighted by atomic mass is 10.2. The van der Waals surface area contributed by atoms with Gasteiger partial charge in [0.15, 0.2) is 8.07 Å². The molecule has 0 unspecified atom stereocenters. The van der Waals surface area contributed by atoms with Gasteiger partial charge in [0, 0.05) is 17.1 Å². The van der Waals surface area contributed by atoms with Crippen LogP contribution in [0.3, 0.4) is 0 Å². The first-order valence-corrected chi connectivity index (χ1v) is 17.1. The Morgan fingerprint density at radius 1 is 0.415 bits per heavy atom. The summed E-state index contributed by atoms with van der Waals surface area (Å²) in [5.41, 5.74) is 2.72. The molecule has 0 amide bonds. The lowest BCUT2D eigenvalue weighted by molar-refractivity contribution is 0.597. The molecule has 0 fully saturated rings. The topological polar surface area (TPSA) is 37.4 Å². The lowest BCUT2D eigenvalue weighted by Gasteiger charge is -2.40. The summed E-state index contributed by atoms with van der Waals surface area (Å²) >= 11 is 0. The molecule has 198 valence electrons. The van der Waals surface area contributed by atoms with Gasteiger partial charge in [-0.15, -0.1) is 0 Å². The van der Waals surface area contributed by atoms with Crippen molar-refractivity contribution in [2.24, 2.45) is 0 Å². The van der Waals surface area contributed by atoms with E-state index >= 15 is 0 Å². The monoisotopic (exact) mass is 565 g/mol. The maximum atomic E-state index is 14.5. The normalized spacial score (nSPS) is 14.4. The average molecular weight is 566 g/mol. The molecule has 0 atom stereocenters. The Balaban J connectivity index is 1.58. The van der Waals surface area contributed by atoms with Crippen LogP contribution in [0.2, 0.25) is 0 Å². The largest absolute Gasteiger partial charge is 0.310 e. The molecule has 1 aliphatic heterocycles. The van der Waals surface area contributed by atoms with E-state index in [1.165, 1.54) is 0 Å². The molecule has 1 heterocycles. The average Bonchev–Trinajstić information content (AvgIpc) is 3.04. The van der Waals surface area contributed by atoms with Crippen LogP contribution >= 0.6 is 0 Å². The molecule has 6 aromatic rings. The third-order valence-electron chi connectivity index (χ3n) is 7.94. The van der Waals surface area contributed by atoms with Gasteiger partial charge in [0.1, 0.15) is 0 Å². The molecule has 3 nitrogen and oxygen atoms in total. The number of para-hydroxylation sites is 2. The molecular formula is C36H27NO2SSi. The van der Waals surface area contributed by atoms with Gasteiger partial charge >= 0.3 is 0 Å². The summed E-state index contributed by atoms with van der Waals surface area (Å²) in [6.45, 7) is 0. The SMILES string of the molecule is O=S1(=O)c2ccccc2[Si](c2ccccc2)(c2ccccc2)c2ccc(N(c3ccccc3)c3ccccc3)cc21. The number of sulfone groups is 1. The number of benzene rings is 6. The molecule has 0 bridgehead atoms. The zero-order valence-electron chi connectivity index (χ0n) is 22.3. The Labute approximate surface area is 241 Å².